The number of alkyl halides is 7. The largest absolute Gasteiger partial charge is 0.416 e. The molecule has 0 amide bonds. The van der Waals surface area contributed by atoms with Crippen LogP contribution in [0.2, 0.25) is 0 Å². The second-order valence-corrected chi connectivity index (χ2v) is 4.99. The molecule has 19 heavy (non-hydrogen) atoms. The third-order valence-corrected chi connectivity index (χ3v) is 3.20. The van der Waals surface area contributed by atoms with Crippen molar-refractivity contribution in [1.29, 1.82) is 0 Å². The summed E-state index contributed by atoms with van der Waals surface area (Å²) in [5.41, 5.74) is -2.72. The molecule has 2 atom stereocenters. The van der Waals surface area contributed by atoms with Gasteiger partial charge in [-0.3, -0.25) is 0 Å². The van der Waals surface area contributed by atoms with Gasteiger partial charge in [-0.25, -0.2) is 0 Å². The quantitative estimate of drug-likeness (QED) is 0.503. The molecule has 0 N–H and O–H groups in total. The summed E-state index contributed by atoms with van der Waals surface area (Å²) >= 11 is 5.73. The van der Waals surface area contributed by atoms with E-state index in [4.69, 9.17) is 11.6 Å². The summed E-state index contributed by atoms with van der Waals surface area (Å²) in [6.45, 7) is 2.99. The van der Waals surface area contributed by atoms with Crippen molar-refractivity contribution < 1.29 is 26.3 Å². The zero-order valence-corrected chi connectivity index (χ0v) is 10.8. The van der Waals surface area contributed by atoms with Gasteiger partial charge in [-0.05, 0) is 36.6 Å². The second-order valence-electron chi connectivity index (χ2n) is 4.31. The third kappa shape index (κ3) is 4.03. The van der Waals surface area contributed by atoms with Gasteiger partial charge in [-0.15, -0.1) is 11.6 Å². The van der Waals surface area contributed by atoms with Crippen LogP contribution >= 0.6 is 11.6 Å². The van der Waals surface area contributed by atoms with Crippen molar-refractivity contribution in [3.63, 3.8) is 0 Å². The molecule has 0 aliphatic rings. The summed E-state index contributed by atoms with van der Waals surface area (Å²) in [6.07, 6.45) is -9.66. The van der Waals surface area contributed by atoms with E-state index in [1.54, 1.807) is 0 Å². The van der Waals surface area contributed by atoms with Gasteiger partial charge < -0.3 is 0 Å². The van der Waals surface area contributed by atoms with Gasteiger partial charge in [-0.1, -0.05) is 6.92 Å². The maximum absolute atomic E-state index is 12.6. The first-order valence-corrected chi connectivity index (χ1v) is 5.80. The molecule has 1 rings (SSSR count). The summed E-state index contributed by atoms with van der Waals surface area (Å²) in [5.74, 6) is -0.620. The van der Waals surface area contributed by atoms with Crippen LogP contribution in [0.1, 0.15) is 36.5 Å². The Morgan fingerprint density at radius 2 is 1.21 bits per heavy atom. The van der Waals surface area contributed by atoms with Crippen LogP contribution < -0.4 is 0 Å². The molecule has 0 spiro atoms. The van der Waals surface area contributed by atoms with E-state index in [0.717, 1.165) is 0 Å². The molecule has 1 aromatic rings. The molecule has 0 aromatic heterocycles. The predicted molar refractivity (Wildman–Crippen MR) is 60.2 cm³/mol. The van der Waals surface area contributed by atoms with Crippen LogP contribution in [-0.4, -0.2) is 5.38 Å². The van der Waals surface area contributed by atoms with Crippen LogP contribution in [0.25, 0.3) is 0 Å². The van der Waals surface area contributed by atoms with Crippen molar-refractivity contribution >= 4 is 11.6 Å². The van der Waals surface area contributed by atoms with E-state index < -0.39 is 34.8 Å². The topological polar surface area (TPSA) is 0 Å². The molecule has 0 nitrogen and oxygen atoms in total. The van der Waals surface area contributed by atoms with Gasteiger partial charge in [0.2, 0.25) is 0 Å². The monoisotopic (exact) mass is 304 g/mol. The first-order chi connectivity index (χ1) is 8.43. The second kappa shape index (κ2) is 5.23. The van der Waals surface area contributed by atoms with Gasteiger partial charge in [-0.2, -0.15) is 26.3 Å². The number of benzene rings is 1. The first-order valence-electron chi connectivity index (χ1n) is 5.36. The van der Waals surface area contributed by atoms with Crippen LogP contribution in [0, 0.1) is 0 Å². The number of hydrogen-bond acceptors (Lipinski definition) is 0. The summed E-state index contributed by atoms with van der Waals surface area (Å²) in [6, 6.07) is 1.52. The Labute approximate surface area is 111 Å². The highest BCUT2D eigenvalue weighted by atomic mass is 35.5. The summed E-state index contributed by atoms with van der Waals surface area (Å²) < 4.78 is 75.6. The van der Waals surface area contributed by atoms with Crippen LogP contribution in [0.15, 0.2) is 18.2 Å². The summed E-state index contributed by atoms with van der Waals surface area (Å²) in [7, 11) is 0. The molecule has 0 aliphatic heterocycles. The Kier molecular flexibility index (Phi) is 4.44. The zero-order chi connectivity index (χ0) is 15.0. The molecule has 7 heteroatoms. The van der Waals surface area contributed by atoms with Crippen LogP contribution in [0.3, 0.4) is 0 Å². The molecular weight excluding hydrogens is 294 g/mol. The molecule has 2 unspecified atom stereocenters. The van der Waals surface area contributed by atoms with E-state index >= 15 is 0 Å². The van der Waals surface area contributed by atoms with Gasteiger partial charge >= 0.3 is 12.4 Å². The van der Waals surface area contributed by atoms with Crippen molar-refractivity contribution in [3.8, 4) is 0 Å². The van der Waals surface area contributed by atoms with E-state index in [2.05, 4.69) is 0 Å². The predicted octanol–water partition coefficient (Wildman–Crippen LogP) is 5.46. The Balaban J connectivity index is 3.41. The maximum atomic E-state index is 12.6. The minimum atomic E-state index is -4.83. The highest BCUT2D eigenvalue weighted by molar-refractivity contribution is 6.20. The van der Waals surface area contributed by atoms with Gasteiger partial charge in [0.15, 0.2) is 0 Å². The molecule has 0 radical (unpaired) electrons. The first kappa shape index (κ1) is 16.1. The fourth-order valence-electron chi connectivity index (χ4n) is 1.51. The molecule has 0 bridgehead atoms. The SMILES string of the molecule is CC(Cl)C(C)c1cc(C(F)(F)F)cc(C(F)(F)F)c1. The maximum Gasteiger partial charge on any atom is 0.416 e. The van der Waals surface area contributed by atoms with Crippen molar-refractivity contribution in [2.24, 2.45) is 0 Å². The standard InChI is InChI=1S/C12H11ClF6/c1-6(7(2)13)8-3-9(11(14,15)16)5-10(4-8)12(17,18)19/h3-7H,1-2H3. The molecule has 0 saturated carbocycles. The Hall–Kier alpha value is -0.910. The molecular formula is C12H11ClF6. The lowest BCUT2D eigenvalue weighted by atomic mass is 9.94. The number of hydrogen-bond donors (Lipinski definition) is 0. The van der Waals surface area contributed by atoms with E-state index in [1.807, 2.05) is 0 Å². The molecule has 0 saturated heterocycles. The Morgan fingerprint density at radius 3 is 1.47 bits per heavy atom. The van der Waals surface area contributed by atoms with E-state index in [0.29, 0.717) is 12.1 Å². The lowest BCUT2D eigenvalue weighted by Crippen LogP contribution is -2.14. The minimum absolute atomic E-state index is 0.0790. The normalized spacial score (nSPS) is 16.3. The molecule has 0 fully saturated rings. The Bertz CT molecular complexity index is 414. The summed E-state index contributed by atoms with van der Waals surface area (Å²) in [5, 5.41) is -0.579. The summed E-state index contributed by atoms with van der Waals surface area (Å²) in [4.78, 5) is 0. The van der Waals surface area contributed by atoms with Crippen LogP contribution in [0.5, 0.6) is 0 Å². The van der Waals surface area contributed by atoms with Crippen molar-refractivity contribution in [1.82, 2.24) is 0 Å². The van der Waals surface area contributed by atoms with E-state index in [9.17, 15) is 26.3 Å². The van der Waals surface area contributed by atoms with Crippen molar-refractivity contribution in [3.05, 3.63) is 34.9 Å². The number of halogens is 7. The minimum Gasteiger partial charge on any atom is -0.166 e. The van der Waals surface area contributed by atoms with Gasteiger partial charge in [0.1, 0.15) is 0 Å². The third-order valence-electron chi connectivity index (χ3n) is 2.82. The van der Waals surface area contributed by atoms with Crippen molar-refractivity contribution in [2.45, 2.75) is 37.5 Å². The van der Waals surface area contributed by atoms with Crippen LogP contribution in [-0.2, 0) is 12.4 Å². The van der Waals surface area contributed by atoms with Gasteiger partial charge in [0.05, 0.1) is 11.1 Å². The average molecular weight is 305 g/mol. The molecule has 1 aromatic carbocycles. The number of rotatable bonds is 2. The zero-order valence-electron chi connectivity index (χ0n) is 10.0. The lowest BCUT2D eigenvalue weighted by Gasteiger charge is -2.19. The smallest absolute Gasteiger partial charge is 0.166 e. The fourth-order valence-corrected chi connectivity index (χ4v) is 1.65. The molecule has 0 heterocycles. The molecule has 0 aliphatic carbocycles. The van der Waals surface area contributed by atoms with Gasteiger partial charge in [0, 0.05) is 5.38 Å². The Morgan fingerprint density at radius 1 is 0.842 bits per heavy atom. The van der Waals surface area contributed by atoms with Crippen molar-refractivity contribution in [2.75, 3.05) is 0 Å². The average Bonchev–Trinajstić information content (AvgIpc) is 2.24. The lowest BCUT2D eigenvalue weighted by molar-refractivity contribution is -0.143. The van der Waals surface area contributed by atoms with E-state index in [1.165, 1.54) is 13.8 Å². The van der Waals surface area contributed by atoms with E-state index in [-0.39, 0.29) is 11.6 Å². The highest BCUT2D eigenvalue weighted by Gasteiger charge is 2.37. The molecule has 108 valence electrons. The van der Waals surface area contributed by atoms with Crippen LogP contribution in [0.4, 0.5) is 26.3 Å². The fraction of sp³-hybridized carbons (Fsp3) is 0.500. The van der Waals surface area contributed by atoms with Gasteiger partial charge in [0.25, 0.3) is 0 Å². The highest BCUT2D eigenvalue weighted by Crippen LogP contribution is 2.38.